The molecule has 4 aromatic carbocycles. The van der Waals surface area contributed by atoms with Crippen molar-refractivity contribution in [3.05, 3.63) is 120 Å². The molecule has 1 aliphatic rings. The molecule has 5 rings (SSSR count). The van der Waals surface area contributed by atoms with E-state index in [4.69, 9.17) is 0 Å². The summed E-state index contributed by atoms with van der Waals surface area (Å²) in [6.45, 7) is 2.13. The first kappa shape index (κ1) is 20.1. The van der Waals surface area contributed by atoms with Crippen LogP contribution < -0.4 is 10.2 Å². The molecule has 3 nitrogen and oxygen atoms in total. The van der Waals surface area contributed by atoms with Crippen LogP contribution in [0.4, 0.5) is 11.4 Å². The van der Waals surface area contributed by atoms with Crippen LogP contribution in [0.5, 0.6) is 0 Å². The summed E-state index contributed by atoms with van der Waals surface area (Å²) in [5.74, 6) is 0.0442. The maximum absolute atomic E-state index is 13.6. The molecule has 1 N–H and O–H groups in total. The number of hydrogen-bond acceptors (Lipinski definition) is 2. The van der Waals surface area contributed by atoms with Crippen molar-refractivity contribution in [3.63, 3.8) is 0 Å². The molecule has 1 aliphatic heterocycles. The highest BCUT2D eigenvalue weighted by Gasteiger charge is 2.34. The maximum atomic E-state index is 13.6. The van der Waals surface area contributed by atoms with Crippen molar-refractivity contribution >= 4 is 17.3 Å². The molecule has 0 bridgehead atoms. The molecule has 0 unspecified atom stereocenters. The van der Waals surface area contributed by atoms with Gasteiger partial charge in [0, 0.05) is 23.0 Å². The number of fused-ring (bicyclic) bond motifs is 1. The van der Waals surface area contributed by atoms with E-state index in [1.807, 2.05) is 77.7 Å². The molecule has 1 heterocycles. The van der Waals surface area contributed by atoms with Gasteiger partial charge in [-0.25, -0.2) is 0 Å². The number of benzene rings is 4. The molecule has 32 heavy (non-hydrogen) atoms. The fourth-order valence-electron chi connectivity index (χ4n) is 4.57. The van der Waals surface area contributed by atoms with Gasteiger partial charge in [0.2, 0.25) is 0 Å². The van der Waals surface area contributed by atoms with E-state index in [1.54, 1.807) is 0 Å². The second-order valence-electron chi connectivity index (χ2n) is 8.33. The van der Waals surface area contributed by atoms with Gasteiger partial charge in [0.05, 0.1) is 6.04 Å². The van der Waals surface area contributed by atoms with Crippen LogP contribution in [-0.2, 0) is 0 Å². The first-order valence-corrected chi connectivity index (χ1v) is 11.1. The van der Waals surface area contributed by atoms with Gasteiger partial charge in [-0.3, -0.25) is 4.79 Å². The average molecular weight is 419 g/mol. The van der Waals surface area contributed by atoms with Gasteiger partial charge >= 0.3 is 0 Å². The zero-order valence-electron chi connectivity index (χ0n) is 18.1. The van der Waals surface area contributed by atoms with Crippen molar-refractivity contribution in [1.29, 1.82) is 0 Å². The van der Waals surface area contributed by atoms with E-state index in [2.05, 4.69) is 48.6 Å². The minimum absolute atomic E-state index is 0.0442. The normalized spacial score (nSPS) is 17.5. The van der Waals surface area contributed by atoms with Gasteiger partial charge in [-0.1, -0.05) is 78.9 Å². The van der Waals surface area contributed by atoms with Crippen LogP contribution in [0.1, 0.15) is 35.3 Å². The fraction of sp³-hybridized carbons (Fsp3) is 0.138. The minimum Gasteiger partial charge on any atom is -0.378 e. The summed E-state index contributed by atoms with van der Waals surface area (Å²) in [6, 6.07) is 36.9. The molecule has 158 valence electrons. The van der Waals surface area contributed by atoms with Gasteiger partial charge in [0.25, 0.3) is 5.91 Å². The van der Waals surface area contributed by atoms with Crippen molar-refractivity contribution in [2.24, 2.45) is 0 Å². The fourth-order valence-corrected chi connectivity index (χ4v) is 4.57. The zero-order valence-corrected chi connectivity index (χ0v) is 18.1. The second-order valence-corrected chi connectivity index (χ2v) is 8.33. The van der Waals surface area contributed by atoms with Crippen LogP contribution in [0.25, 0.3) is 11.1 Å². The average Bonchev–Trinajstić information content (AvgIpc) is 2.85. The van der Waals surface area contributed by atoms with E-state index in [-0.39, 0.29) is 18.0 Å². The first-order valence-electron chi connectivity index (χ1n) is 11.1. The third kappa shape index (κ3) is 3.90. The summed E-state index contributed by atoms with van der Waals surface area (Å²) in [7, 11) is 0. The van der Waals surface area contributed by atoms with E-state index in [0.717, 1.165) is 34.5 Å². The SMILES string of the molecule is C[C@@H]1C[C@@H](Nc2ccccc2)c2ccccc2N1C(=O)c1ccc(-c2ccccc2)cc1. The molecule has 0 spiro atoms. The Morgan fingerprint density at radius 3 is 2.06 bits per heavy atom. The monoisotopic (exact) mass is 418 g/mol. The van der Waals surface area contributed by atoms with Gasteiger partial charge in [-0.05, 0) is 60.4 Å². The predicted octanol–water partition coefficient (Wildman–Crippen LogP) is 6.95. The Morgan fingerprint density at radius 2 is 1.34 bits per heavy atom. The molecule has 2 atom stereocenters. The number of carbonyl (C=O) groups is 1. The number of para-hydroxylation sites is 2. The number of anilines is 2. The van der Waals surface area contributed by atoms with Crippen molar-refractivity contribution in [3.8, 4) is 11.1 Å². The molecule has 1 amide bonds. The Balaban J connectivity index is 1.43. The Bertz CT molecular complexity index is 1200. The third-order valence-electron chi connectivity index (χ3n) is 6.16. The summed E-state index contributed by atoms with van der Waals surface area (Å²) >= 11 is 0. The summed E-state index contributed by atoms with van der Waals surface area (Å²) in [5.41, 5.74) is 6.21. The highest BCUT2D eigenvalue weighted by molar-refractivity contribution is 6.07. The summed E-state index contributed by atoms with van der Waals surface area (Å²) < 4.78 is 0. The Labute approximate surface area is 189 Å². The third-order valence-corrected chi connectivity index (χ3v) is 6.16. The molecular formula is C29H26N2O. The Morgan fingerprint density at radius 1 is 0.750 bits per heavy atom. The lowest BCUT2D eigenvalue weighted by Crippen LogP contribution is -2.44. The van der Waals surface area contributed by atoms with Gasteiger partial charge in [-0.2, -0.15) is 0 Å². The van der Waals surface area contributed by atoms with Crippen LogP contribution in [0.3, 0.4) is 0 Å². The molecule has 0 radical (unpaired) electrons. The van der Waals surface area contributed by atoms with Gasteiger partial charge in [0.15, 0.2) is 0 Å². The van der Waals surface area contributed by atoms with Crippen molar-refractivity contribution in [1.82, 2.24) is 0 Å². The highest BCUT2D eigenvalue weighted by Crippen LogP contribution is 2.39. The van der Waals surface area contributed by atoms with E-state index >= 15 is 0 Å². The minimum atomic E-state index is 0.0442. The number of rotatable bonds is 4. The quantitative estimate of drug-likeness (QED) is 0.389. The molecule has 0 aliphatic carbocycles. The topological polar surface area (TPSA) is 32.3 Å². The molecule has 0 saturated carbocycles. The Kier molecular flexibility index (Phi) is 5.47. The van der Waals surface area contributed by atoms with E-state index < -0.39 is 0 Å². The highest BCUT2D eigenvalue weighted by atomic mass is 16.2. The number of carbonyl (C=O) groups excluding carboxylic acids is 1. The van der Waals surface area contributed by atoms with E-state index in [9.17, 15) is 4.79 Å². The molecule has 4 aromatic rings. The maximum Gasteiger partial charge on any atom is 0.258 e. The predicted molar refractivity (Wildman–Crippen MR) is 132 cm³/mol. The molecule has 3 heteroatoms. The lowest BCUT2D eigenvalue weighted by molar-refractivity contribution is 0.0974. The number of nitrogens with zero attached hydrogens (tertiary/aromatic N) is 1. The molecule has 0 saturated heterocycles. The summed E-state index contributed by atoms with van der Waals surface area (Å²) in [6.07, 6.45) is 0.847. The van der Waals surface area contributed by atoms with E-state index in [0.29, 0.717) is 5.56 Å². The molecular weight excluding hydrogens is 392 g/mol. The summed E-state index contributed by atoms with van der Waals surface area (Å²) in [5, 5.41) is 3.65. The number of hydrogen-bond donors (Lipinski definition) is 1. The van der Waals surface area contributed by atoms with Gasteiger partial charge in [-0.15, -0.1) is 0 Å². The van der Waals surface area contributed by atoms with Crippen molar-refractivity contribution in [2.45, 2.75) is 25.4 Å². The summed E-state index contributed by atoms with van der Waals surface area (Å²) in [4.78, 5) is 15.5. The smallest absolute Gasteiger partial charge is 0.258 e. The van der Waals surface area contributed by atoms with Crippen LogP contribution in [0.15, 0.2) is 109 Å². The number of nitrogens with one attached hydrogen (secondary N) is 1. The number of amides is 1. The van der Waals surface area contributed by atoms with Gasteiger partial charge in [0.1, 0.15) is 0 Å². The van der Waals surface area contributed by atoms with E-state index in [1.165, 1.54) is 0 Å². The Hall–Kier alpha value is -3.85. The second kappa shape index (κ2) is 8.72. The lowest BCUT2D eigenvalue weighted by atomic mass is 9.90. The van der Waals surface area contributed by atoms with Crippen molar-refractivity contribution < 1.29 is 4.79 Å². The van der Waals surface area contributed by atoms with Crippen LogP contribution in [-0.4, -0.2) is 11.9 Å². The van der Waals surface area contributed by atoms with Gasteiger partial charge < -0.3 is 10.2 Å². The molecule has 0 fully saturated rings. The first-order chi connectivity index (χ1) is 15.7. The zero-order chi connectivity index (χ0) is 21.9. The van der Waals surface area contributed by atoms with Crippen LogP contribution >= 0.6 is 0 Å². The molecule has 0 aromatic heterocycles. The van der Waals surface area contributed by atoms with Crippen LogP contribution in [0.2, 0.25) is 0 Å². The van der Waals surface area contributed by atoms with Crippen LogP contribution in [0, 0.1) is 0 Å². The lowest BCUT2D eigenvalue weighted by Gasteiger charge is -2.40. The largest absolute Gasteiger partial charge is 0.378 e. The standard InChI is InChI=1S/C29H26N2O/c1-21-20-27(30-25-12-6-3-7-13-25)26-14-8-9-15-28(26)31(21)29(32)24-18-16-23(17-19-24)22-10-4-2-5-11-22/h2-19,21,27,30H,20H2,1H3/t21-,27-/m1/s1. The van der Waals surface area contributed by atoms with Crippen molar-refractivity contribution in [2.75, 3.05) is 10.2 Å².